The molecule has 5 heteroatoms. The van der Waals surface area contributed by atoms with Crippen molar-refractivity contribution in [3.05, 3.63) is 29.8 Å². The van der Waals surface area contributed by atoms with Crippen molar-refractivity contribution in [2.75, 3.05) is 4.90 Å². The predicted molar refractivity (Wildman–Crippen MR) is 67.5 cm³/mol. The van der Waals surface area contributed by atoms with E-state index in [1.807, 2.05) is 25.1 Å². The monoisotopic (exact) mass is 243 g/mol. The highest BCUT2D eigenvalue weighted by atomic mass is 16.2. The maximum absolute atomic E-state index is 12.2. The minimum absolute atomic E-state index is 0.226. The molecule has 1 aromatic carbocycles. The third-order valence-corrected chi connectivity index (χ3v) is 3.23. The molecular formula is C13H13N3O2. The van der Waals surface area contributed by atoms with Gasteiger partial charge in [-0.05, 0) is 31.5 Å². The van der Waals surface area contributed by atoms with Crippen LogP contribution in [0.5, 0.6) is 0 Å². The Morgan fingerprint density at radius 1 is 1.22 bits per heavy atom. The number of fused-ring (bicyclic) bond motifs is 1. The van der Waals surface area contributed by atoms with Crippen molar-refractivity contribution in [1.82, 2.24) is 5.32 Å². The van der Waals surface area contributed by atoms with E-state index in [0.717, 1.165) is 5.56 Å². The molecular weight excluding hydrogens is 230 g/mol. The van der Waals surface area contributed by atoms with Gasteiger partial charge in [0, 0.05) is 0 Å². The van der Waals surface area contributed by atoms with Crippen LogP contribution in [0.4, 0.5) is 5.69 Å². The molecule has 0 aliphatic carbocycles. The molecule has 2 atom stereocenters. The Balaban J connectivity index is 2.00. The molecule has 1 fully saturated rings. The molecule has 0 bridgehead atoms. The molecule has 2 aliphatic heterocycles. The second kappa shape index (κ2) is 3.66. The van der Waals surface area contributed by atoms with E-state index in [1.165, 1.54) is 4.90 Å². The van der Waals surface area contributed by atoms with E-state index < -0.39 is 12.1 Å². The largest absolute Gasteiger partial charge is 0.360 e. The average molecular weight is 243 g/mol. The van der Waals surface area contributed by atoms with Gasteiger partial charge in [0.25, 0.3) is 11.8 Å². The Bertz CT molecular complexity index is 579. The van der Waals surface area contributed by atoms with Crippen LogP contribution in [0.2, 0.25) is 0 Å². The SMILES string of the molecule is CC1=N[C@H]2C(=O)N(c3cccc(C)c3)C(=O)[C@@H]2N1. The lowest BCUT2D eigenvalue weighted by molar-refractivity contribution is -0.121. The van der Waals surface area contributed by atoms with Crippen LogP contribution in [-0.4, -0.2) is 29.7 Å². The molecule has 0 radical (unpaired) electrons. The summed E-state index contributed by atoms with van der Waals surface area (Å²) in [6.45, 7) is 3.69. The third-order valence-electron chi connectivity index (χ3n) is 3.23. The van der Waals surface area contributed by atoms with E-state index in [9.17, 15) is 9.59 Å². The number of amides is 2. The minimum Gasteiger partial charge on any atom is -0.360 e. The number of nitrogens with zero attached hydrogens (tertiary/aromatic N) is 2. The van der Waals surface area contributed by atoms with Crippen LogP contribution >= 0.6 is 0 Å². The van der Waals surface area contributed by atoms with Gasteiger partial charge < -0.3 is 5.32 Å². The second-order valence-electron chi connectivity index (χ2n) is 4.63. The van der Waals surface area contributed by atoms with E-state index in [2.05, 4.69) is 10.3 Å². The van der Waals surface area contributed by atoms with Gasteiger partial charge >= 0.3 is 0 Å². The fourth-order valence-corrected chi connectivity index (χ4v) is 2.42. The molecule has 2 amide bonds. The van der Waals surface area contributed by atoms with Crippen LogP contribution in [0.15, 0.2) is 29.3 Å². The Labute approximate surface area is 105 Å². The zero-order valence-electron chi connectivity index (χ0n) is 10.2. The van der Waals surface area contributed by atoms with Gasteiger partial charge in [-0.25, -0.2) is 4.90 Å². The van der Waals surface area contributed by atoms with Crippen LogP contribution in [-0.2, 0) is 9.59 Å². The summed E-state index contributed by atoms with van der Waals surface area (Å²) < 4.78 is 0. The van der Waals surface area contributed by atoms with Gasteiger partial charge in [0.1, 0.15) is 6.04 Å². The highest BCUT2D eigenvalue weighted by molar-refractivity contribution is 6.27. The van der Waals surface area contributed by atoms with Crippen molar-refractivity contribution in [3.63, 3.8) is 0 Å². The quantitative estimate of drug-likeness (QED) is 0.736. The smallest absolute Gasteiger partial charge is 0.261 e. The normalized spacial score (nSPS) is 26.1. The van der Waals surface area contributed by atoms with Crippen molar-refractivity contribution < 1.29 is 9.59 Å². The number of carbonyl (C=O) groups is 2. The Kier molecular flexibility index (Phi) is 2.23. The second-order valence-corrected chi connectivity index (χ2v) is 4.63. The molecule has 2 aliphatic rings. The Morgan fingerprint density at radius 2 is 2.00 bits per heavy atom. The van der Waals surface area contributed by atoms with Gasteiger partial charge in [-0.1, -0.05) is 12.1 Å². The number of imide groups is 1. The van der Waals surface area contributed by atoms with Crippen LogP contribution in [0.3, 0.4) is 0 Å². The number of nitrogens with one attached hydrogen (secondary N) is 1. The van der Waals surface area contributed by atoms with Gasteiger partial charge in [-0.15, -0.1) is 0 Å². The minimum atomic E-state index is -0.599. The number of carbonyl (C=O) groups excluding carboxylic acids is 2. The van der Waals surface area contributed by atoms with Gasteiger partial charge in [0.05, 0.1) is 11.5 Å². The molecule has 1 aromatic rings. The summed E-state index contributed by atoms with van der Waals surface area (Å²) >= 11 is 0. The molecule has 1 N–H and O–H groups in total. The van der Waals surface area contributed by atoms with Gasteiger partial charge in [0.2, 0.25) is 0 Å². The third kappa shape index (κ3) is 1.44. The molecule has 18 heavy (non-hydrogen) atoms. The van der Waals surface area contributed by atoms with E-state index in [1.54, 1.807) is 13.0 Å². The predicted octanol–water partition coefficient (Wildman–Crippen LogP) is 0.627. The topological polar surface area (TPSA) is 61.8 Å². The van der Waals surface area contributed by atoms with E-state index in [4.69, 9.17) is 0 Å². The zero-order valence-corrected chi connectivity index (χ0v) is 10.2. The highest BCUT2D eigenvalue weighted by Crippen LogP contribution is 2.27. The Hall–Kier alpha value is -2.17. The zero-order chi connectivity index (χ0) is 12.9. The number of aliphatic imine (C=N–C) groups is 1. The molecule has 0 spiro atoms. The number of anilines is 1. The molecule has 5 nitrogen and oxygen atoms in total. The van der Waals surface area contributed by atoms with Gasteiger partial charge in [-0.3, -0.25) is 14.6 Å². The number of amidine groups is 1. The number of hydrogen-bond acceptors (Lipinski definition) is 4. The molecule has 0 unspecified atom stereocenters. The van der Waals surface area contributed by atoms with Gasteiger partial charge in [-0.2, -0.15) is 0 Å². The molecule has 3 rings (SSSR count). The van der Waals surface area contributed by atoms with E-state index in [-0.39, 0.29) is 11.8 Å². The molecule has 0 aromatic heterocycles. The lowest BCUT2D eigenvalue weighted by Crippen LogP contribution is -2.39. The summed E-state index contributed by atoms with van der Waals surface area (Å²) in [5.41, 5.74) is 1.63. The first-order valence-corrected chi connectivity index (χ1v) is 5.83. The molecule has 2 heterocycles. The van der Waals surface area contributed by atoms with Crippen LogP contribution in [0, 0.1) is 6.92 Å². The standard InChI is InChI=1S/C13H13N3O2/c1-7-4-3-5-9(6-7)16-12(17)10-11(13(16)18)15-8(2)14-10/h3-6,10-11H,1-2H3,(H,14,15)/t10-,11-/m1/s1. The Morgan fingerprint density at radius 3 is 2.67 bits per heavy atom. The summed E-state index contributed by atoms with van der Waals surface area (Å²) in [5.74, 6) is 0.173. The number of aryl methyl sites for hydroxylation is 1. The summed E-state index contributed by atoms with van der Waals surface area (Å²) in [6, 6.07) is 6.22. The van der Waals surface area contributed by atoms with Crippen molar-refractivity contribution in [2.24, 2.45) is 4.99 Å². The fourth-order valence-electron chi connectivity index (χ4n) is 2.42. The van der Waals surface area contributed by atoms with Crippen molar-refractivity contribution >= 4 is 23.3 Å². The first-order valence-electron chi connectivity index (χ1n) is 5.83. The van der Waals surface area contributed by atoms with Crippen LogP contribution < -0.4 is 10.2 Å². The highest BCUT2D eigenvalue weighted by Gasteiger charge is 2.51. The molecule has 0 saturated carbocycles. The van der Waals surface area contributed by atoms with E-state index in [0.29, 0.717) is 11.5 Å². The van der Waals surface area contributed by atoms with Crippen molar-refractivity contribution in [2.45, 2.75) is 25.9 Å². The summed E-state index contributed by atoms with van der Waals surface area (Å²) in [6.07, 6.45) is 0. The maximum Gasteiger partial charge on any atom is 0.261 e. The summed E-state index contributed by atoms with van der Waals surface area (Å²) in [5, 5.41) is 2.95. The van der Waals surface area contributed by atoms with Gasteiger partial charge in [0.15, 0.2) is 6.04 Å². The van der Waals surface area contributed by atoms with Crippen molar-refractivity contribution in [1.29, 1.82) is 0 Å². The van der Waals surface area contributed by atoms with Crippen LogP contribution in [0.1, 0.15) is 12.5 Å². The number of benzene rings is 1. The first kappa shape index (κ1) is 11.0. The molecule has 1 saturated heterocycles. The summed E-state index contributed by atoms with van der Waals surface area (Å²) in [4.78, 5) is 29.8. The fraction of sp³-hybridized carbons (Fsp3) is 0.308. The number of hydrogen-bond donors (Lipinski definition) is 1. The average Bonchev–Trinajstić information content (AvgIpc) is 2.79. The maximum atomic E-state index is 12.2. The summed E-state index contributed by atoms with van der Waals surface area (Å²) in [7, 11) is 0. The molecule has 92 valence electrons. The number of rotatable bonds is 1. The lowest BCUT2D eigenvalue weighted by Gasteiger charge is -2.15. The van der Waals surface area contributed by atoms with Crippen molar-refractivity contribution in [3.8, 4) is 0 Å². The van der Waals surface area contributed by atoms with E-state index >= 15 is 0 Å². The van der Waals surface area contributed by atoms with Crippen LogP contribution in [0.25, 0.3) is 0 Å². The lowest BCUT2D eigenvalue weighted by atomic mass is 10.2. The first-order chi connectivity index (χ1) is 8.58.